The van der Waals surface area contributed by atoms with E-state index in [-0.39, 0.29) is 18.5 Å². The van der Waals surface area contributed by atoms with Crippen LogP contribution in [0.3, 0.4) is 0 Å². The van der Waals surface area contributed by atoms with Crippen LogP contribution in [0.25, 0.3) is 0 Å². The van der Waals surface area contributed by atoms with Gasteiger partial charge in [-0.2, -0.15) is 0 Å². The van der Waals surface area contributed by atoms with Gasteiger partial charge in [-0.3, -0.25) is 9.59 Å². The summed E-state index contributed by atoms with van der Waals surface area (Å²) >= 11 is 1.52. The Labute approximate surface area is 161 Å². The van der Waals surface area contributed by atoms with Crippen molar-refractivity contribution in [3.8, 4) is 17.2 Å². The van der Waals surface area contributed by atoms with Crippen molar-refractivity contribution >= 4 is 23.2 Å². The van der Waals surface area contributed by atoms with E-state index >= 15 is 0 Å². The van der Waals surface area contributed by atoms with Crippen LogP contribution in [0.1, 0.15) is 34.0 Å². The summed E-state index contributed by atoms with van der Waals surface area (Å²) < 4.78 is 15.7. The van der Waals surface area contributed by atoms with E-state index in [1.165, 1.54) is 44.8 Å². The van der Waals surface area contributed by atoms with Crippen molar-refractivity contribution in [1.82, 2.24) is 15.6 Å². The predicted octanol–water partition coefficient (Wildman–Crippen LogP) is 2.08. The lowest BCUT2D eigenvalue weighted by Gasteiger charge is -2.15. The quantitative estimate of drug-likeness (QED) is 0.713. The third-order valence-corrected chi connectivity index (χ3v) is 4.59. The molecule has 0 fully saturated rings. The molecule has 0 aliphatic rings. The molecule has 2 amide bonds. The summed E-state index contributed by atoms with van der Waals surface area (Å²) in [6.07, 6.45) is 0. The Morgan fingerprint density at radius 3 is 2.26 bits per heavy atom. The summed E-state index contributed by atoms with van der Waals surface area (Å²) in [4.78, 5) is 28.8. The average molecular weight is 393 g/mol. The molecule has 0 saturated heterocycles. The molecule has 0 radical (unpaired) electrons. The topological polar surface area (TPSA) is 98.8 Å². The number of carbonyl (C=O) groups is 2. The molecule has 2 aromatic rings. The molecule has 9 heteroatoms. The summed E-state index contributed by atoms with van der Waals surface area (Å²) in [6, 6.07) is 2.81. The molecule has 1 atom stereocenters. The van der Waals surface area contributed by atoms with E-state index < -0.39 is 5.91 Å². The summed E-state index contributed by atoms with van der Waals surface area (Å²) in [5.74, 6) is 0.370. The number of methoxy groups -OCH3 is 3. The zero-order valence-electron chi connectivity index (χ0n) is 15.9. The molecular formula is C18H23N3O5S. The number of nitrogens with zero attached hydrogens (tertiary/aromatic N) is 1. The minimum absolute atomic E-state index is 0.164. The lowest BCUT2D eigenvalue weighted by Crippen LogP contribution is -2.38. The number of aryl methyl sites for hydroxylation is 1. The lowest BCUT2D eigenvalue weighted by atomic mass is 10.1. The molecule has 1 heterocycles. The van der Waals surface area contributed by atoms with E-state index in [0.29, 0.717) is 22.8 Å². The summed E-state index contributed by atoms with van der Waals surface area (Å²) in [7, 11) is 4.41. The smallest absolute Gasteiger partial charge is 0.251 e. The van der Waals surface area contributed by atoms with Crippen LogP contribution in [0.15, 0.2) is 17.5 Å². The highest BCUT2D eigenvalue weighted by Gasteiger charge is 2.18. The van der Waals surface area contributed by atoms with Crippen LogP contribution in [-0.2, 0) is 4.79 Å². The van der Waals surface area contributed by atoms with Gasteiger partial charge in [0.25, 0.3) is 5.91 Å². The zero-order chi connectivity index (χ0) is 20.0. The number of ether oxygens (including phenoxy) is 3. The summed E-state index contributed by atoms with van der Waals surface area (Å²) in [5, 5.41) is 8.21. The molecule has 27 heavy (non-hydrogen) atoms. The predicted molar refractivity (Wildman–Crippen MR) is 102 cm³/mol. The Kier molecular flexibility index (Phi) is 7.00. The van der Waals surface area contributed by atoms with Crippen molar-refractivity contribution in [3.05, 3.63) is 33.8 Å². The van der Waals surface area contributed by atoms with Crippen molar-refractivity contribution in [2.24, 2.45) is 0 Å². The number of hydrogen-bond donors (Lipinski definition) is 2. The monoisotopic (exact) mass is 393 g/mol. The molecule has 0 aliphatic carbocycles. The number of thiazole rings is 1. The van der Waals surface area contributed by atoms with Gasteiger partial charge >= 0.3 is 0 Å². The molecule has 1 unspecified atom stereocenters. The summed E-state index contributed by atoms with van der Waals surface area (Å²) in [5.41, 5.74) is 1.09. The van der Waals surface area contributed by atoms with Gasteiger partial charge in [0.15, 0.2) is 11.5 Å². The van der Waals surface area contributed by atoms with E-state index in [1.54, 1.807) is 0 Å². The average Bonchev–Trinajstić information content (AvgIpc) is 3.11. The van der Waals surface area contributed by atoms with Gasteiger partial charge in [0, 0.05) is 10.9 Å². The Balaban J connectivity index is 1.99. The van der Waals surface area contributed by atoms with E-state index in [2.05, 4.69) is 15.6 Å². The van der Waals surface area contributed by atoms with E-state index in [1.807, 2.05) is 19.2 Å². The molecule has 1 aromatic heterocycles. The molecule has 1 aromatic carbocycles. The second kappa shape index (κ2) is 9.22. The molecule has 8 nitrogen and oxygen atoms in total. The summed E-state index contributed by atoms with van der Waals surface area (Å²) in [6.45, 7) is 3.58. The van der Waals surface area contributed by atoms with Gasteiger partial charge in [-0.25, -0.2) is 4.98 Å². The number of amides is 2. The van der Waals surface area contributed by atoms with Gasteiger partial charge in [-0.05, 0) is 26.0 Å². The minimum Gasteiger partial charge on any atom is -0.493 e. The normalized spacial score (nSPS) is 11.4. The second-order valence-electron chi connectivity index (χ2n) is 5.68. The first-order valence-electron chi connectivity index (χ1n) is 8.19. The number of aromatic nitrogens is 1. The van der Waals surface area contributed by atoms with Crippen LogP contribution in [-0.4, -0.2) is 44.7 Å². The number of nitrogens with one attached hydrogen (secondary N) is 2. The van der Waals surface area contributed by atoms with Crippen molar-refractivity contribution in [2.75, 3.05) is 27.9 Å². The Hall–Kier alpha value is -2.81. The maximum atomic E-state index is 12.4. The molecule has 2 rings (SSSR count). The van der Waals surface area contributed by atoms with Gasteiger partial charge in [-0.1, -0.05) is 0 Å². The molecule has 0 aliphatic heterocycles. The number of benzene rings is 1. The third kappa shape index (κ3) is 5.10. The van der Waals surface area contributed by atoms with E-state index in [0.717, 1.165) is 10.7 Å². The first-order valence-corrected chi connectivity index (χ1v) is 9.07. The van der Waals surface area contributed by atoms with E-state index in [9.17, 15) is 9.59 Å². The molecule has 146 valence electrons. The van der Waals surface area contributed by atoms with Crippen molar-refractivity contribution in [1.29, 1.82) is 0 Å². The van der Waals surface area contributed by atoms with Gasteiger partial charge in [0.05, 0.1) is 44.6 Å². The highest BCUT2D eigenvalue weighted by molar-refractivity contribution is 7.09. The van der Waals surface area contributed by atoms with Gasteiger partial charge in [0.2, 0.25) is 11.7 Å². The molecule has 0 bridgehead atoms. The fraction of sp³-hybridized carbons (Fsp3) is 0.389. The SMILES string of the molecule is COc1cc(C(=O)NCC(=O)NC(C)c2csc(C)n2)cc(OC)c1OC. The standard InChI is InChI=1S/C18H23N3O5S/c1-10(13-9-27-11(2)21-13)20-16(22)8-19-18(23)12-6-14(24-3)17(26-5)15(7-12)25-4/h6-7,9-10H,8H2,1-5H3,(H,19,23)(H,20,22). The largest absolute Gasteiger partial charge is 0.493 e. The van der Waals surface area contributed by atoms with Crippen molar-refractivity contribution < 1.29 is 23.8 Å². The Morgan fingerprint density at radius 2 is 1.78 bits per heavy atom. The third-order valence-electron chi connectivity index (χ3n) is 3.79. The minimum atomic E-state index is -0.429. The highest BCUT2D eigenvalue weighted by Crippen LogP contribution is 2.38. The van der Waals surface area contributed by atoms with Crippen LogP contribution in [0.5, 0.6) is 17.2 Å². The van der Waals surface area contributed by atoms with E-state index in [4.69, 9.17) is 14.2 Å². The van der Waals surface area contributed by atoms with Crippen LogP contribution in [0.2, 0.25) is 0 Å². The Morgan fingerprint density at radius 1 is 1.15 bits per heavy atom. The number of hydrogen-bond acceptors (Lipinski definition) is 7. The first-order chi connectivity index (χ1) is 12.9. The van der Waals surface area contributed by atoms with Crippen LogP contribution in [0, 0.1) is 6.92 Å². The van der Waals surface area contributed by atoms with Gasteiger partial charge in [0.1, 0.15) is 0 Å². The number of rotatable bonds is 8. The fourth-order valence-corrected chi connectivity index (χ4v) is 3.13. The van der Waals surface area contributed by atoms with Crippen molar-refractivity contribution in [3.63, 3.8) is 0 Å². The first kappa shape index (κ1) is 20.5. The molecule has 0 saturated carbocycles. The van der Waals surface area contributed by atoms with Crippen LogP contribution < -0.4 is 24.8 Å². The Bertz CT molecular complexity index is 796. The zero-order valence-corrected chi connectivity index (χ0v) is 16.7. The fourth-order valence-electron chi connectivity index (χ4n) is 2.42. The maximum Gasteiger partial charge on any atom is 0.251 e. The van der Waals surface area contributed by atoms with Gasteiger partial charge in [-0.15, -0.1) is 11.3 Å². The maximum absolute atomic E-state index is 12.4. The molecule has 0 spiro atoms. The van der Waals surface area contributed by atoms with Crippen LogP contribution >= 0.6 is 11.3 Å². The molecule has 2 N–H and O–H groups in total. The second-order valence-corrected chi connectivity index (χ2v) is 6.74. The van der Waals surface area contributed by atoms with Crippen molar-refractivity contribution in [2.45, 2.75) is 19.9 Å². The van der Waals surface area contributed by atoms with Crippen LogP contribution in [0.4, 0.5) is 0 Å². The van der Waals surface area contributed by atoms with Gasteiger partial charge < -0.3 is 24.8 Å². The highest BCUT2D eigenvalue weighted by atomic mass is 32.1. The number of carbonyl (C=O) groups excluding carboxylic acids is 2. The lowest BCUT2D eigenvalue weighted by molar-refractivity contribution is -0.120. The molecular weight excluding hydrogens is 370 g/mol.